The Labute approximate surface area is 209 Å². The van der Waals surface area contributed by atoms with Crippen LogP contribution in [0.25, 0.3) is 10.9 Å². The maximum Gasteiger partial charge on any atom is 0.407 e. The van der Waals surface area contributed by atoms with Gasteiger partial charge in [0.25, 0.3) is 0 Å². The van der Waals surface area contributed by atoms with E-state index in [-0.39, 0.29) is 45.1 Å². The molecule has 2 aromatic rings. The molecule has 182 valence electrons. The van der Waals surface area contributed by atoms with E-state index in [2.05, 4.69) is 27.0 Å². The molecular formula is C22H24BrClFN5O4. The van der Waals surface area contributed by atoms with Crippen LogP contribution in [-0.2, 0) is 4.74 Å². The minimum absolute atomic E-state index is 0.00814. The largest absolute Gasteiger partial charge is 0.469 e. The van der Waals surface area contributed by atoms with Gasteiger partial charge in [0.1, 0.15) is 29.4 Å². The Morgan fingerprint density at radius 3 is 2.68 bits per heavy atom. The summed E-state index contributed by atoms with van der Waals surface area (Å²) in [6, 6.07) is 3.40. The lowest BCUT2D eigenvalue weighted by molar-refractivity contribution is 0.0321. The van der Waals surface area contributed by atoms with Gasteiger partial charge in [0, 0.05) is 51.3 Å². The third-order valence-electron chi connectivity index (χ3n) is 6.32. The van der Waals surface area contributed by atoms with Crippen LogP contribution in [0.15, 0.2) is 10.5 Å². The second-order valence-electron chi connectivity index (χ2n) is 8.56. The van der Waals surface area contributed by atoms with Crippen molar-refractivity contribution >= 4 is 50.2 Å². The minimum atomic E-state index is -1.01. The number of fused-ring (bicyclic) bond motifs is 1. The van der Waals surface area contributed by atoms with Crippen molar-refractivity contribution in [3.8, 4) is 11.9 Å². The normalized spacial score (nSPS) is 23.4. The average Bonchev–Trinajstić information content (AvgIpc) is 3.16. The monoisotopic (exact) mass is 555 g/mol. The molecule has 4 rings (SSSR count). The van der Waals surface area contributed by atoms with Gasteiger partial charge in [-0.15, -0.1) is 0 Å². The Hall–Kier alpha value is -2.39. The maximum atomic E-state index is 15.3. The number of nitrogens with zero attached hydrogens (tertiary/aromatic N) is 5. The van der Waals surface area contributed by atoms with Gasteiger partial charge in [0.05, 0.1) is 15.2 Å². The summed E-state index contributed by atoms with van der Waals surface area (Å²) < 4.78 is 27.1. The predicted molar refractivity (Wildman–Crippen MR) is 128 cm³/mol. The van der Waals surface area contributed by atoms with E-state index in [1.54, 1.807) is 20.1 Å². The number of methoxy groups -OCH3 is 1. The van der Waals surface area contributed by atoms with Crippen LogP contribution in [-0.4, -0.2) is 91.1 Å². The zero-order chi connectivity index (χ0) is 24.7. The van der Waals surface area contributed by atoms with E-state index >= 15 is 4.39 Å². The van der Waals surface area contributed by atoms with Crippen molar-refractivity contribution < 1.29 is 23.8 Å². The van der Waals surface area contributed by atoms with E-state index in [1.165, 1.54) is 4.90 Å². The number of carbonyl (C=O) groups is 1. The Morgan fingerprint density at radius 1 is 1.35 bits per heavy atom. The molecule has 1 N–H and O–H groups in total. The lowest BCUT2D eigenvalue weighted by Gasteiger charge is -2.40. The number of likely N-dealkylation sites (tertiary alicyclic amines) is 1. The summed E-state index contributed by atoms with van der Waals surface area (Å²) in [4.78, 5) is 21.2. The molecule has 2 aliphatic rings. The minimum Gasteiger partial charge on any atom is -0.469 e. The number of aromatic nitrogens is 1. The number of benzene rings is 1. The molecule has 2 fully saturated rings. The first-order chi connectivity index (χ1) is 16.2. The zero-order valence-corrected chi connectivity index (χ0v) is 21.2. The van der Waals surface area contributed by atoms with Gasteiger partial charge < -0.3 is 24.4 Å². The van der Waals surface area contributed by atoms with Crippen molar-refractivity contribution in [2.24, 2.45) is 0 Å². The molecule has 9 nitrogen and oxygen atoms in total. The van der Waals surface area contributed by atoms with Crippen molar-refractivity contribution in [3.63, 3.8) is 0 Å². The van der Waals surface area contributed by atoms with Crippen molar-refractivity contribution in [2.45, 2.75) is 25.2 Å². The summed E-state index contributed by atoms with van der Waals surface area (Å²) >= 11 is 9.43. The Balaban J connectivity index is 1.87. The lowest BCUT2D eigenvalue weighted by Crippen LogP contribution is -2.54. The molecule has 1 aromatic carbocycles. The Kier molecular flexibility index (Phi) is 7.05. The molecule has 1 unspecified atom stereocenters. The molecule has 0 radical (unpaired) electrons. The van der Waals surface area contributed by atoms with Crippen LogP contribution in [0.4, 0.5) is 14.9 Å². The fourth-order valence-electron chi connectivity index (χ4n) is 4.63. The molecule has 12 heteroatoms. The van der Waals surface area contributed by atoms with Gasteiger partial charge in [-0.25, -0.2) is 14.2 Å². The van der Waals surface area contributed by atoms with Crippen molar-refractivity contribution in [2.75, 3.05) is 51.8 Å². The van der Waals surface area contributed by atoms with E-state index in [9.17, 15) is 15.2 Å². The smallest absolute Gasteiger partial charge is 0.407 e. The molecule has 1 amide bonds. The molecular weight excluding hydrogens is 533 g/mol. The fourth-order valence-corrected chi connectivity index (χ4v) is 5.13. The predicted octanol–water partition coefficient (Wildman–Crippen LogP) is 3.56. The number of carboxylic acid groups (broad SMARTS) is 1. The van der Waals surface area contributed by atoms with Crippen molar-refractivity contribution in [3.05, 3.63) is 26.9 Å². The van der Waals surface area contributed by atoms with Gasteiger partial charge in [-0.2, -0.15) is 5.26 Å². The topological polar surface area (TPSA) is 102 Å². The third-order valence-corrected chi connectivity index (χ3v) is 7.62. The average molecular weight is 557 g/mol. The summed E-state index contributed by atoms with van der Waals surface area (Å²) in [5.41, 5.74) is 0.576. The first kappa shape index (κ1) is 24.7. The molecule has 2 aliphatic heterocycles. The van der Waals surface area contributed by atoms with Crippen LogP contribution < -0.4 is 9.64 Å². The number of halogens is 3. The van der Waals surface area contributed by atoms with Crippen molar-refractivity contribution in [1.82, 2.24) is 14.8 Å². The SMILES string of the molecule is CO[C@@H]1CN(C)C[C@H]1Oc1nc2c(F)c(Br)c(Cl)cc2c(N2CCN(C(=O)O)C(C)C2)c1C#N. The molecule has 0 saturated carbocycles. The van der Waals surface area contributed by atoms with E-state index in [1.807, 2.05) is 16.8 Å². The number of pyridine rings is 1. The number of anilines is 1. The lowest BCUT2D eigenvalue weighted by atomic mass is 10.0. The van der Waals surface area contributed by atoms with Gasteiger partial charge in [0.15, 0.2) is 5.82 Å². The summed E-state index contributed by atoms with van der Waals surface area (Å²) in [5, 5.41) is 20.1. The summed E-state index contributed by atoms with van der Waals surface area (Å²) in [5.74, 6) is -0.657. The van der Waals surface area contributed by atoms with E-state index < -0.39 is 18.0 Å². The van der Waals surface area contributed by atoms with Gasteiger partial charge in [-0.1, -0.05) is 11.6 Å². The number of ether oxygens (including phenoxy) is 2. The number of hydrogen-bond acceptors (Lipinski definition) is 7. The molecule has 0 bridgehead atoms. The molecule has 3 atom stereocenters. The second kappa shape index (κ2) is 9.70. The number of nitriles is 1. The standard InChI is InChI=1S/C22H24BrClFN5O4/c1-11-8-29(4-5-30(11)22(31)32)20-12-6-14(24)17(23)18(25)19(12)27-21(13(20)7-26)34-16-10-28(2)9-15(16)33-3/h6,11,15-16H,4-5,8-10H2,1-3H3,(H,31,32)/t11?,15-,16-/m1/s1. The summed E-state index contributed by atoms with van der Waals surface area (Å²) in [7, 11) is 3.52. The van der Waals surface area contributed by atoms with Gasteiger partial charge >= 0.3 is 6.09 Å². The van der Waals surface area contributed by atoms with Gasteiger partial charge in [0.2, 0.25) is 5.88 Å². The summed E-state index contributed by atoms with van der Waals surface area (Å²) in [6.45, 7) is 3.84. The maximum absolute atomic E-state index is 15.3. The number of rotatable bonds is 4. The first-order valence-corrected chi connectivity index (χ1v) is 11.9. The highest BCUT2D eigenvalue weighted by Gasteiger charge is 2.36. The highest BCUT2D eigenvalue weighted by atomic mass is 79.9. The highest BCUT2D eigenvalue weighted by Crippen LogP contribution is 2.41. The second-order valence-corrected chi connectivity index (χ2v) is 9.76. The van der Waals surface area contributed by atoms with Crippen LogP contribution in [0.5, 0.6) is 5.88 Å². The molecule has 0 aliphatic carbocycles. The zero-order valence-electron chi connectivity index (χ0n) is 18.9. The van der Waals surface area contributed by atoms with Gasteiger partial charge in [-0.05, 0) is 36.0 Å². The third kappa shape index (κ3) is 4.35. The Bertz CT molecular complexity index is 1180. The number of amides is 1. The molecule has 2 saturated heterocycles. The molecule has 34 heavy (non-hydrogen) atoms. The molecule has 1 aromatic heterocycles. The molecule has 0 spiro atoms. The number of piperazine rings is 1. The van der Waals surface area contributed by atoms with E-state index in [0.29, 0.717) is 37.3 Å². The fraction of sp³-hybridized carbons (Fsp3) is 0.500. The Morgan fingerprint density at radius 2 is 2.06 bits per heavy atom. The van der Waals surface area contributed by atoms with E-state index in [0.717, 1.165) is 0 Å². The van der Waals surface area contributed by atoms with Crippen LogP contribution in [0, 0.1) is 17.1 Å². The van der Waals surface area contributed by atoms with Crippen LogP contribution >= 0.6 is 27.5 Å². The van der Waals surface area contributed by atoms with Crippen LogP contribution in [0.1, 0.15) is 12.5 Å². The highest BCUT2D eigenvalue weighted by molar-refractivity contribution is 9.10. The quantitative estimate of drug-likeness (QED) is 0.571. The van der Waals surface area contributed by atoms with Crippen LogP contribution in [0.3, 0.4) is 0 Å². The molecule has 3 heterocycles. The number of likely N-dealkylation sites (N-methyl/N-ethyl adjacent to an activating group) is 1. The van der Waals surface area contributed by atoms with E-state index in [4.69, 9.17) is 21.1 Å². The van der Waals surface area contributed by atoms with Crippen LogP contribution in [0.2, 0.25) is 5.02 Å². The summed E-state index contributed by atoms with van der Waals surface area (Å²) in [6.07, 6.45) is -1.65. The number of hydrogen-bond donors (Lipinski definition) is 1. The van der Waals surface area contributed by atoms with Gasteiger partial charge in [-0.3, -0.25) is 4.90 Å². The first-order valence-electron chi connectivity index (χ1n) is 10.7. The van der Waals surface area contributed by atoms with Crippen molar-refractivity contribution in [1.29, 1.82) is 5.26 Å².